The van der Waals surface area contributed by atoms with Crippen molar-refractivity contribution in [1.29, 1.82) is 0 Å². The summed E-state index contributed by atoms with van der Waals surface area (Å²) in [5.41, 5.74) is 2.88. The molecule has 1 aromatic carbocycles. The standard InChI is InChI=1S/C15H22O2.C2H6/c1-9-7-11-12(10(2)13(9)16)14(3,4)8-15(5,6)17-11;1-2/h7,16H,8H2,1-6H3;1-2H3. The van der Waals surface area contributed by atoms with Crippen molar-refractivity contribution in [2.24, 2.45) is 0 Å². The second kappa shape index (κ2) is 5.07. The monoisotopic (exact) mass is 264 g/mol. The van der Waals surface area contributed by atoms with E-state index >= 15 is 0 Å². The highest BCUT2D eigenvalue weighted by Crippen LogP contribution is 2.48. The Kier molecular flexibility index (Phi) is 4.23. The average molecular weight is 264 g/mol. The van der Waals surface area contributed by atoms with Crippen LogP contribution in [0.25, 0.3) is 0 Å². The van der Waals surface area contributed by atoms with Gasteiger partial charge in [0, 0.05) is 5.56 Å². The largest absolute Gasteiger partial charge is 0.507 e. The molecular weight excluding hydrogens is 236 g/mol. The van der Waals surface area contributed by atoms with Crippen LogP contribution in [0.4, 0.5) is 0 Å². The predicted octanol–water partition coefficient (Wildman–Crippen LogP) is 4.87. The van der Waals surface area contributed by atoms with Crippen LogP contribution in [-0.2, 0) is 5.41 Å². The van der Waals surface area contributed by atoms with Gasteiger partial charge in [-0.05, 0) is 56.7 Å². The molecule has 2 heteroatoms. The van der Waals surface area contributed by atoms with Crippen molar-refractivity contribution in [2.45, 2.75) is 72.8 Å². The zero-order chi connectivity index (χ0) is 15.0. The van der Waals surface area contributed by atoms with Crippen molar-refractivity contribution in [2.75, 3.05) is 0 Å². The molecule has 108 valence electrons. The fraction of sp³-hybridized carbons (Fsp3) is 0.647. The Morgan fingerprint density at radius 1 is 1.11 bits per heavy atom. The number of rotatable bonds is 0. The molecule has 1 aromatic rings. The van der Waals surface area contributed by atoms with Crippen LogP contribution in [0.15, 0.2) is 6.07 Å². The first-order chi connectivity index (χ1) is 8.64. The van der Waals surface area contributed by atoms with Gasteiger partial charge in [0.15, 0.2) is 0 Å². The van der Waals surface area contributed by atoms with E-state index in [4.69, 9.17) is 4.74 Å². The lowest BCUT2D eigenvalue weighted by Crippen LogP contribution is -2.41. The molecular formula is C17H28O2. The van der Waals surface area contributed by atoms with Crippen molar-refractivity contribution in [3.05, 3.63) is 22.8 Å². The lowest BCUT2D eigenvalue weighted by Gasteiger charge is -2.43. The highest BCUT2D eigenvalue weighted by atomic mass is 16.5. The molecule has 0 unspecified atom stereocenters. The molecule has 0 atom stereocenters. The summed E-state index contributed by atoms with van der Waals surface area (Å²) in [5.74, 6) is 1.33. The van der Waals surface area contributed by atoms with Crippen LogP contribution in [-0.4, -0.2) is 10.7 Å². The molecule has 1 aliphatic rings. The Morgan fingerprint density at radius 3 is 2.16 bits per heavy atom. The SMILES string of the molecule is CC.Cc1cc2c(c(C)c1O)C(C)(C)CC(C)(C)O2. The first-order valence-electron chi connectivity index (χ1n) is 7.17. The van der Waals surface area contributed by atoms with Gasteiger partial charge in [-0.25, -0.2) is 0 Å². The quantitative estimate of drug-likeness (QED) is 0.724. The van der Waals surface area contributed by atoms with Gasteiger partial charge in [0.2, 0.25) is 0 Å². The van der Waals surface area contributed by atoms with Gasteiger partial charge < -0.3 is 9.84 Å². The second-order valence-corrected chi connectivity index (χ2v) is 6.46. The van der Waals surface area contributed by atoms with E-state index in [0.717, 1.165) is 28.9 Å². The highest BCUT2D eigenvalue weighted by molar-refractivity contribution is 5.56. The Bertz CT molecular complexity index is 471. The molecule has 0 spiro atoms. The average Bonchev–Trinajstić information content (AvgIpc) is 2.25. The number of hydrogen-bond acceptors (Lipinski definition) is 2. The van der Waals surface area contributed by atoms with Crippen LogP contribution in [0.3, 0.4) is 0 Å². The first-order valence-corrected chi connectivity index (χ1v) is 7.17. The molecule has 0 amide bonds. The third-order valence-corrected chi connectivity index (χ3v) is 3.63. The van der Waals surface area contributed by atoms with Crippen LogP contribution in [0, 0.1) is 13.8 Å². The van der Waals surface area contributed by atoms with Crippen molar-refractivity contribution >= 4 is 0 Å². The molecule has 0 radical (unpaired) electrons. The fourth-order valence-corrected chi connectivity index (χ4v) is 3.34. The number of aryl methyl sites for hydroxylation is 1. The van der Waals surface area contributed by atoms with Crippen LogP contribution in [0.1, 0.15) is 64.7 Å². The van der Waals surface area contributed by atoms with Gasteiger partial charge in [-0.2, -0.15) is 0 Å². The van der Waals surface area contributed by atoms with Crippen molar-refractivity contribution in [3.63, 3.8) is 0 Å². The highest BCUT2D eigenvalue weighted by Gasteiger charge is 2.40. The Labute approximate surface area is 117 Å². The number of phenols is 1. The molecule has 1 N–H and O–H groups in total. The molecule has 0 aromatic heterocycles. The predicted molar refractivity (Wildman–Crippen MR) is 81.3 cm³/mol. The Hall–Kier alpha value is -1.18. The molecule has 0 saturated carbocycles. The van der Waals surface area contributed by atoms with E-state index in [1.54, 1.807) is 0 Å². The minimum Gasteiger partial charge on any atom is -0.507 e. The van der Waals surface area contributed by atoms with E-state index in [0.29, 0.717) is 5.75 Å². The third kappa shape index (κ3) is 2.88. The molecule has 19 heavy (non-hydrogen) atoms. The summed E-state index contributed by atoms with van der Waals surface area (Å²) in [6.45, 7) is 16.6. The summed E-state index contributed by atoms with van der Waals surface area (Å²) in [7, 11) is 0. The number of ether oxygens (including phenoxy) is 1. The normalized spacial score (nSPS) is 18.7. The van der Waals surface area contributed by atoms with Gasteiger partial charge in [0.25, 0.3) is 0 Å². The molecule has 0 aliphatic carbocycles. The summed E-state index contributed by atoms with van der Waals surface area (Å²) in [5, 5.41) is 10.1. The zero-order valence-corrected chi connectivity index (χ0v) is 13.6. The van der Waals surface area contributed by atoms with Crippen molar-refractivity contribution in [3.8, 4) is 11.5 Å². The van der Waals surface area contributed by atoms with Crippen LogP contribution in [0.2, 0.25) is 0 Å². The number of fused-ring (bicyclic) bond motifs is 1. The molecule has 2 rings (SSSR count). The van der Waals surface area contributed by atoms with E-state index in [-0.39, 0.29) is 11.0 Å². The molecule has 2 nitrogen and oxygen atoms in total. The van der Waals surface area contributed by atoms with E-state index in [1.165, 1.54) is 0 Å². The van der Waals surface area contributed by atoms with Crippen LogP contribution >= 0.6 is 0 Å². The topological polar surface area (TPSA) is 29.5 Å². The van der Waals surface area contributed by atoms with Gasteiger partial charge in [0.1, 0.15) is 17.1 Å². The third-order valence-electron chi connectivity index (χ3n) is 3.63. The smallest absolute Gasteiger partial charge is 0.124 e. The number of phenolic OH excluding ortho intramolecular Hbond substituents is 1. The van der Waals surface area contributed by atoms with Crippen molar-refractivity contribution in [1.82, 2.24) is 0 Å². The van der Waals surface area contributed by atoms with E-state index in [9.17, 15) is 5.11 Å². The van der Waals surface area contributed by atoms with E-state index < -0.39 is 0 Å². The maximum Gasteiger partial charge on any atom is 0.124 e. The molecule has 0 bridgehead atoms. The summed E-state index contributed by atoms with van der Waals surface area (Å²) >= 11 is 0. The van der Waals surface area contributed by atoms with Gasteiger partial charge in [0.05, 0.1) is 0 Å². The molecule has 1 heterocycles. The van der Waals surface area contributed by atoms with Gasteiger partial charge in [-0.3, -0.25) is 0 Å². The number of aromatic hydroxyl groups is 1. The minimum absolute atomic E-state index is 0.0341. The van der Waals surface area contributed by atoms with Gasteiger partial charge >= 0.3 is 0 Å². The molecule has 0 fully saturated rings. The van der Waals surface area contributed by atoms with Crippen LogP contribution in [0.5, 0.6) is 11.5 Å². The Morgan fingerprint density at radius 2 is 1.63 bits per heavy atom. The van der Waals surface area contributed by atoms with Gasteiger partial charge in [-0.15, -0.1) is 0 Å². The van der Waals surface area contributed by atoms with Crippen LogP contribution < -0.4 is 4.74 Å². The summed E-state index contributed by atoms with van der Waals surface area (Å²) in [6.07, 6.45) is 0.955. The second-order valence-electron chi connectivity index (χ2n) is 6.46. The summed E-state index contributed by atoms with van der Waals surface area (Å²) in [6, 6.07) is 1.96. The number of hydrogen-bond donors (Lipinski definition) is 1. The molecule has 0 saturated heterocycles. The lowest BCUT2D eigenvalue weighted by atomic mass is 9.72. The zero-order valence-electron chi connectivity index (χ0n) is 13.6. The minimum atomic E-state index is -0.146. The fourth-order valence-electron chi connectivity index (χ4n) is 3.34. The number of benzene rings is 1. The van der Waals surface area contributed by atoms with E-state index in [2.05, 4.69) is 27.7 Å². The maximum atomic E-state index is 10.1. The summed E-state index contributed by atoms with van der Waals surface area (Å²) < 4.78 is 6.06. The maximum absolute atomic E-state index is 10.1. The first kappa shape index (κ1) is 15.9. The van der Waals surface area contributed by atoms with Crippen molar-refractivity contribution < 1.29 is 9.84 Å². The van der Waals surface area contributed by atoms with Gasteiger partial charge in [-0.1, -0.05) is 27.7 Å². The lowest BCUT2D eigenvalue weighted by molar-refractivity contribution is 0.0527. The Balaban J connectivity index is 0.000000861. The van der Waals surface area contributed by atoms with E-state index in [1.807, 2.05) is 33.8 Å². The molecule has 1 aliphatic heterocycles. The summed E-state index contributed by atoms with van der Waals surface area (Å²) in [4.78, 5) is 0.